The fraction of sp³-hybridized carbons (Fsp3) is 0.455. The van der Waals surface area contributed by atoms with Gasteiger partial charge >= 0.3 is 0 Å². The summed E-state index contributed by atoms with van der Waals surface area (Å²) < 4.78 is 44.5. The van der Waals surface area contributed by atoms with Crippen LogP contribution in [-0.4, -0.2) is 37.5 Å². The number of ether oxygens (including phenoxy) is 1. The minimum absolute atomic E-state index is 0.112. The van der Waals surface area contributed by atoms with Gasteiger partial charge in [-0.05, 0) is 25.1 Å². The van der Waals surface area contributed by atoms with E-state index in [9.17, 15) is 12.8 Å². The van der Waals surface area contributed by atoms with E-state index >= 15 is 0 Å². The van der Waals surface area contributed by atoms with Crippen molar-refractivity contribution >= 4 is 21.8 Å². The summed E-state index contributed by atoms with van der Waals surface area (Å²) in [5.41, 5.74) is 0. The van der Waals surface area contributed by atoms with E-state index < -0.39 is 15.8 Å². The maximum atomic E-state index is 13.3. The van der Waals surface area contributed by atoms with Gasteiger partial charge in [0, 0.05) is 12.3 Å². The zero-order valence-electron chi connectivity index (χ0n) is 10.1. The third-order valence-electron chi connectivity index (χ3n) is 2.79. The standard InChI is InChI=1S/C11H14FNO3S2/c1-8-13(5-6-17-8)18(14,15)11-7-9(12)3-4-10(11)16-2/h3-4,7-8H,5-6H2,1-2H3. The first-order valence-electron chi connectivity index (χ1n) is 5.44. The molecule has 1 aromatic rings. The van der Waals surface area contributed by atoms with Crippen molar-refractivity contribution in [2.45, 2.75) is 17.2 Å². The first kappa shape index (κ1) is 13.6. The number of hydrogen-bond acceptors (Lipinski definition) is 4. The molecule has 0 N–H and O–H groups in total. The molecule has 0 saturated carbocycles. The van der Waals surface area contributed by atoms with Crippen LogP contribution in [0.1, 0.15) is 6.92 Å². The molecule has 0 aromatic heterocycles. The van der Waals surface area contributed by atoms with Crippen molar-refractivity contribution in [2.75, 3.05) is 19.4 Å². The number of methoxy groups -OCH3 is 1. The largest absolute Gasteiger partial charge is 0.495 e. The highest BCUT2D eigenvalue weighted by Crippen LogP contribution is 2.33. The summed E-state index contributed by atoms with van der Waals surface area (Å²) >= 11 is 1.56. The van der Waals surface area contributed by atoms with Gasteiger partial charge in [0.1, 0.15) is 16.5 Å². The zero-order chi connectivity index (χ0) is 13.3. The van der Waals surface area contributed by atoms with Crippen molar-refractivity contribution in [3.63, 3.8) is 0 Å². The van der Waals surface area contributed by atoms with Crippen LogP contribution in [0.15, 0.2) is 23.1 Å². The van der Waals surface area contributed by atoms with E-state index in [1.165, 1.54) is 23.5 Å². The third kappa shape index (κ3) is 2.34. The van der Waals surface area contributed by atoms with E-state index in [1.807, 2.05) is 6.92 Å². The van der Waals surface area contributed by atoms with Crippen LogP contribution in [-0.2, 0) is 10.0 Å². The molecule has 4 nitrogen and oxygen atoms in total. The Balaban J connectivity index is 2.49. The van der Waals surface area contributed by atoms with Gasteiger partial charge in [0.05, 0.1) is 12.5 Å². The molecule has 1 aromatic carbocycles. The highest BCUT2D eigenvalue weighted by molar-refractivity contribution is 8.01. The van der Waals surface area contributed by atoms with Crippen LogP contribution >= 0.6 is 11.8 Å². The van der Waals surface area contributed by atoms with Crippen molar-refractivity contribution < 1.29 is 17.5 Å². The molecule has 0 radical (unpaired) electrons. The Hall–Kier alpha value is -0.790. The molecule has 1 aliphatic rings. The molecule has 1 fully saturated rings. The van der Waals surface area contributed by atoms with E-state index in [0.717, 1.165) is 11.8 Å². The molecule has 1 heterocycles. The molecule has 1 aliphatic heterocycles. The quantitative estimate of drug-likeness (QED) is 0.853. The van der Waals surface area contributed by atoms with Gasteiger partial charge in [-0.2, -0.15) is 4.31 Å². The fourth-order valence-electron chi connectivity index (χ4n) is 1.87. The Morgan fingerprint density at radius 1 is 1.50 bits per heavy atom. The molecule has 0 bridgehead atoms. The summed E-state index contributed by atoms with van der Waals surface area (Å²) in [7, 11) is -2.34. The van der Waals surface area contributed by atoms with Crippen molar-refractivity contribution in [1.82, 2.24) is 4.31 Å². The Bertz CT molecular complexity index is 547. The molecule has 1 saturated heterocycles. The Labute approximate surface area is 110 Å². The van der Waals surface area contributed by atoms with Gasteiger partial charge in [-0.15, -0.1) is 11.8 Å². The first-order chi connectivity index (χ1) is 8.46. The molecule has 0 amide bonds. The summed E-state index contributed by atoms with van der Waals surface area (Å²) in [5, 5.41) is -0.136. The summed E-state index contributed by atoms with van der Waals surface area (Å²) in [6.45, 7) is 2.26. The lowest BCUT2D eigenvalue weighted by Gasteiger charge is -2.21. The maximum Gasteiger partial charge on any atom is 0.247 e. The molecule has 2 rings (SSSR count). The van der Waals surface area contributed by atoms with Crippen LogP contribution in [0.25, 0.3) is 0 Å². The number of halogens is 1. The van der Waals surface area contributed by atoms with Gasteiger partial charge in [0.15, 0.2) is 0 Å². The van der Waals surface area contributed by atoms with Gasteiger partial charge in [-0.1, -0.05) is 0 Å². The molecule has 7 heteroatoms. The van der Waals surface area contributed by atoms with Crippen LogP contribution in [0, 0.1) is 5.82 Å². The smallest absolute Gasteiger partial charge is 0.247 e. The molecule has 1 atom stereocenters. The zero-order valence-corrected chi connectivity index (χ0v) is 11.7. The van der Waals surface area contributed by atoms with Crippen LogP contribution in [0.3, 0.4) is 0 Å². The third-order valence-corrected chi connectivity index (χ3v) is 6.07. The average molecular weight is 291 g/mol. The van der Waals surface area contributed by atoms with Crippen LogP contribution in [0.2, 0.25) is 0 Å². The fourth-order valence-corrected chi connectivity index (χ4v) is 5.07. The van der Waals surface area contributed by atoms with Crippen LogP contribution in [0.5, 0.6) is 5.75 Å². The number of benzene rings is 1. The lowest BCUT2D eigenvalue weighted by molar-refractivity contribution is 0.393. The van der Waals surface area contributed by atoms with Crippen LogP contribution in [0.4, 0.5) is 4.39 Å². The van der Waals surface area contributed by atoms with Crippen molar-refractivity contribution in [3.05, 3.63) is 24.0 Å². The number of sulfonamides is 1. The van der Waals surface area contributed by atoms with E-state index in [4.69, 9.17) is 4.74 Å². The van der Waals surface area contributed by atoms with Gasteiger partial charge in [-0.3, -0.25) is 0 Å². The van der Waals surface area contributed by atoms with Gasteiger partial charge in [0.25, 0.3) is 0 Å². The highest BCUT2D eigenvalue weighted by atomic mass is 32.2. The lowest BCUT2D eigenvalue weighted by Crippen LogP contribution is -2.33. The topological polar surface area (TPSA) is 46.6 Å². The van der Waals surface area contributed by atoms with Gasteiger partial charge in [-0.25, -0.2) is 12.8 Å². The minimum atomic E-state index is -3.71. The number of hydrogen-bond donors (Lipinski definition) is 0. The SMILES string of the molecule is COc1ccc(F)cc1S(=O)(=O)N1CCSC1C. The molecular formula is C11H14FNO3S2. The summed E-state index contributed by atoms with van der Waals surface area (Å²) in [6, 6.07) is 3.51. The Kier molecular flexibility index (Phi) is 3.84. The van der Waals surface area contributed by atoms with Crippen molar-refractivity contribution in [1.29, 1.82) is 0 Å². The maximum absolute atomic E-state index is 13.3. The first-order valence-corrected chi connectivity index (χ1v) is 7.92. The number of rotatable bonds is 3. The molecule has 100 valence electrons. The van der Waals surface area contributed by atoms with Crippen molar-refractivity contribution in [3.8, 4) is 5.75 Å². The second-order valence-electron chi connectivity index (χ2n) is 3.88. The molecule has 18 heavy (non-hydrogen) atoms. The number of thioether (sulfide) groups is 1. The molecule has 0 aliphatic carbocycles. The summed E-state index contributed by atoms with van der Waals surface area (Å²) in [6.07, 6.45) is 0. The van der Waals surface area contributed by atoms with E-state index in [1.54, 1.807) is 11.8 Å². The van der Waals surface area contributed by atoms with Gasteiger partial charge < -0.3 is 4.74 Å². The highest BCUT2D eigenvalue weighted by Gasteiger charge is 2.35. The predicted octanol–water partition coefficient (Wildman–Crippen LogP) is 1.92. The molecule has 0 spiro atoms. The minimum Gasteiger partial charge on any atom is -0.495 e. The Morgan fingerprint density at radius 2 is 2.22 bits per heavy atom. The monoisotopic (exact) mass is 291 g/mol. The summed E-state index contributed by atoms with van der Waals surface area (Å²) in [4.78, 5) is -0.112. The van der Waals surface area contributed by atoms with Gasteiger partial charge in [0.2, 0.25) is 10.0 Å². The van der Waals surface area contributed by atoms with Crippen molar-refractivity contribution in [2.24, 2.45) is 0 Å². The molecule has 1 unspecified atom stereocenters. The molecular weight excluding hydrogens is 277 g/mol. The normalized spacial score (nSPS) is 21.2. The lowest BCUT2D eigenvalue weighted by atomic mass is 10.3. The second kappa shape index (κ2) is 5.07. The van der Waals surface area contributed by atoms with E-state index in [2.05, 4.69) is 0 Å². The summed E-state index contributed by atoms with van der Waals surface area (Å²) in [5.74, 6) is 0.326. The predicted molar refractivity (Wildman–Crippen MR) is 68.8 cm³/mol. The Morgan fingerprint density at radius 3 is 2.78 bits per heavy atom. The number of nitrogens with zero attached hydrogens (tertiary/aromatic N) is 1. The van der Waals surface area contributed by atoms with E-state index in [0.29, 0.717) is 6.54 Å². The van der Waals surface area contributed by atoms with E-state index in [-0.39, 0.29) is 16.0 Å². The average Bonchev–Trinajstić information content (AvgIpc) is 2.76. The second-order valence-corrected chi connectivity index (χ2v) is 7.16. The van der Waals surface area contributed by atoms with Crippen LogP contribution < -0.4 is 4.74 Å².